The van der Waals surface area contributed by atoms with Crippen molar-refractivity contribution in [3.05, 3.63) is 70.8 Å². The lowest BCUT2D eigenvalue weighted by atomic mass is 10.1. The smallest absolute Gasteiger partial charge is 0.261 e. The second-order valence-corrected chi connectivity index (χ2v) is 9.00. The van der Waals surface area contributed by atoms with Crippen molar-refractivity contribution in [2.45, 2.75) is 53.8 Å². The molecule has 0 radical (unpaired) electrons. The highest BCUT2D eigenvalue weighted by Gasteiger charge is 2.38. The second-order valence-electron chi connectivity index (χ2n) is 9.00. The van der Waals surface area contributed by atoms with Gasteiger partial charge in [-0.05, 0) is 44.5 Å². The van der Waals surface area contributed by atoms with Gasteiger partial charge in [-0.25, -0.2) is 0 Å². The van der Waals surface area contributed by atoms with Crippen LogP contribution in [0, 0.1) is 0 Å². The van der Waals surface area contributed by atoms with Crippen molar-refractivity contribution in [2.75, 3.05) is 26.3 Å². The van der Waals surface area contributed by atoms with E-state index in [-0.39, 0.29) is 57.2 Å². The van der Waals surface area contributed by atoms with Crippen LogP contribution in [0.4, 0.5) is 0 Å². The third-order valence-electron chi connectivity index (χ3n) is 6.34. The molecule has 5 rings (SSSR count). The summed E-state index contributed by atoms with van der Waals surface area (Å²) >= 11 is 0. The molecule has 3 aliphatic rings. The number of hydrogen-bond donors (Lipinski definition) is 0. The monoisotopic (exact) mass is 524 g/mol. The number of carbonyl (C=O) groups excluding carboxylic acids is 5. The molecule has 3 heterocycles. The number of amides is 4. The summed E-state index contributed by atoms with van der Waals surface area (Å²) in [6.07, 6.45) is 1.58. The minimum absolute atomic E-state index is 0. The van der Waals surface area contributed by atoms with E-state index in [1.54, 1.807) is 48.5 Å². The lowest BCUT2D eigenvalue weighted by Crippen LogP contribution is -2.42. The van der Waals surface area contributed by atoms with Gasteiger partial charge >= 0.3 is 0 Å². The number of Topliss-reactive ketones (excluding diaryl/α,β-unsaturated/α-hetero) is 1. The van der Waals surface area contributed by atoms with E-state index in [2.05, 4.69) is 0 Å². The summed E-state index contributed by atoms with van der Waals surface area (Å²) in [6, 6.07) is 13.6. The molecule has 2 aromatic rings. The molecular formula is C29H36N2O7. The molecule has 9 heteroatoms. The third kappa shape index (κ3) is 6.23. The summed E-state index contributed by atoms with van der Waals surface area (Å²) in [6.45, 7) is 5.07. The molecule has 38 heavy (non-hydrogen) atoms. The standard InChI is InChI=1S/C15H17NO4.C12H11NO3.2CH4/c1-15(19-9-4-10-20-15)7-8-16-13(17)11-5-2-3-6-12(11)14(16)18;1-8(14)6-7-13-11(15)9-4-2-3-5-10(9)12(13)16;;/h2-3,5-6H,4,7-10H2,1H3;2-5H,6-7H2,1H3;2*1H4. The van der Waals surface area contributed by atoms with E-state index in [4.69, 9.17) is 9.47 Å². The fourth-order valence-corrected chi connectivity index (χ4v) is 4.29. The zero-order valence-corrected chi connectivity index (χ0v) is 20.3. The van der Waals surface area contributed by atoms with Gasteiger partial charge in [0.2, 0.25) is 0 Å². The molecule has 0 spiro atoms. The Bertz CT molecular complexity index is 1150. The van der Waals surface area contributed by atoms with Crippen molar-refractivity contribution in [2.24, 2.45) is 0 Å². The summed E-state index contributed by atoms with van der Waals surface area (Å²) in [5.74, 6) is -1.80. The van der Waals surface area contributed by atoms with Gasteiger partial charge in [0.25, 0.3) is 23.6 Å². The number of carbonyl (C=O) groups is 5. The predicted octanol–water partition coefficient (Wildman–Crippen LogP) is 4.36. The van der Waals surface area contributed by atoms with E-state index in [1.807, 2.05) is 6.92 Å². The summed E-state index contributed by atoms with van der Waals surface area (Å²) < 4.78 is 11.2. The molecule has 0 saturated carbocycles. The Kier molecular flexibility index (Phi) is 10.2. The first-order valence-electron chi connectivity index (χ1n) is 11.9. The Morgan fingerprint density at radius 1 is 0.737 bits per heavy atom. The normalized spacial score (nSPS) is 17.1. The first-order chi connectivity index (χ1) is 17.2. The number of rotatable bonds is 6. The zero-order chi connectivity index (χ0) is 25.9. The van der Waals surface area contributed by atoms with Crippen LogP contribution in [0.5, 0.6) is 0 Å². The Morgan fingerprint density at radius 2 is 1.11 bits per heavy atom. The van der Waals surface area contributed by atoms with E-state index >= 15 is 0 Å². The average Bonchev–Trinajstić information content (AvgIpc) is 3.27. The van der Waals surface area contributed by atoms with Crippen LogP contribution in [0.1, 0.15) is 89.4 Å². The van der Waals surface area contributed by atoms with Gasteiger partial charge in [0.15, 0.2) is 5.79 Å². The van der Waals surface area contributed by atoms with Crippen molar-refractivity contribution in [1.29, 1.82) is 0 Å². The first-order valence-corrected chi connectivity index (χ1v) is 11.9. The Balaban J connectivity index is 0.000000259. The van der Waals surface area contributed by atoms with Gasteiger partial charge < -0.3 is 9.47 Å². The lowest BCUT2D eigenvalue weighted by molar-refractivity contribution is -0.258. The van der Waals surface area contributed by atoms with Crippen molar-refractivity contribution in [3.63, 3.8) is 0 Å². The van der Waals surface area contributed by atoms with Gasteiger partial charge in [-0.2, -0.15) is 0 Å². The largest absolute Gasteiger partial charge is 0.350 e. The third-order valence-corrected chi connectivity index (χ3v) is 6.34. The predicted molar refractivity (Wildman–Crippen MR) is 142 cm³/mol. The molecule has 0 aromatic heterocycles. The second kappa shape index (κ2) is 12.7. The summed E-state index contributed by atoms with van der Waals surface area (Å²) in [4.78, 5) is 61.3. The van der Waals surface area contributed by atoms with E-state index in [0.29, 0.717) is 48.4 Å². The minimum Gasteiger partial charge on any atom is -0.350 e. The van der Waals surface area contributed by atoms with E-state index in [0.717, 1.165) is 11.3 Å². The summed E-state index contributed by atoms with van der Waals surface area (Å²) in [7, 11) is 0. The van der Waals surface area contributed by atoms with Gasteiger partial charge in [-0.15, -0.1) is 0 Å². The summed E-state index contributed by atoms with van der Waals surface area (Å²) in [5, 5.41) is 0. The van der Waals surface area contributed by atoms with Gasteiger partial charge in [-0.1, -0.05) is 39.1 Å². The molecule has 1 fully saturated rings. The van der Waals surface area contributed by atoms with Crippen LogP contribution >= 0.6 is 0 Å². The SMILES string of the molecule is C.C.CC(=O)CCN1C(=O)c2ccccc2C1=O.CC1(CCN2C(=O)c3ccccc3C2=O)OCCCO1. The maximum Gasteiger partial charge on any atom is 0.261 e. The molecule has 9 nitrogen and oxygen atoms in total. The van der Waals surface area contributed by atoms with Crippen LogP contribution in [0.25, 0.3) is 0 Å². The Morgan fingerprint density at radius 3 is 1.47 bits per heavy atom. The number of imide groups is 2. The molecule has 0 unspecified atom stereocenters. The molecule has 4 amide bonds. The van der Waals surface area contributed by atoms with Crippen molar-refractivity contribution in [1.82, 2.24) is 9.80 Å². The molecule has 0 bridgehead atoms. The highest BCUT2D eigenvalue weighted by Crippen LogP contribution is 2.27. The number of benzene rings is 2. The van der Waals surface area contributed by atoms with Crippen LogP contribution in [-0.2, 0) is 14.3 Å². The van der Waals surface area contributed by atoms with Crippen molar-refractivity contribution >= 4 is 29.4 Å². The molecule has 1 saturated heterocycles. The van der Waals surface area contributed by atoms with Crippen LogP contribution in [0.2, 0.25) is 0 Å². The maximum absolute atomic E-state index is 12.2. The Labute approximate surface area is 223 Å². The molecule has 204 valence electrons. The number of ketones is 1. The van der Waals surface area contributed by atoms with Crippen molar-refractivity contribution < 1.29 is 33.4 Å². The van der Waals surface area contributed by atoms with Crippen LogP contribution < -0.4 is 0 Å². The lowest BCUT2D eigenvalue weighted by Gasteiger charge is -2.34. The highest BCUT2D eigenvalue weighted by atomic mass is 16.7. The fraction of sp³-hybridized carbons (Fsp3) is 0.414. The summed E-state index contributed by atoms with van der Waals surface area (Å²) in [5.41, 5.74) is 1.81. The molecule has 3 aliphatic heterocycles. The van der Waals surface area contributed by atoms with E-state index in [1.165, 1.54) is 11.8 Å². The quantitative estimate of drug-likeness (QED) is 0.516. The molecule has 0 aliphatic carbocycles. The number of nitrogens with zero attached hydrogens (tertiary/aromatic N) is 2. The molecule has 2 aromatic carbocycles. The zero-order valence-electron chi connectivity index (χ0n) is 20.3. The number of hydrogen-bond acceptors (Lipinski definition) is 7. The molecule has 0 N–H and O–H groups in total. The topological polar surface area (TPSA) is 110 Å². The Hall–Kier alpha value is -3.69. The average molecular weight is 525 g/mol. The van der Waals surface area contributed by atoms with Gasteiger partial charge in [0.05, 0.1) is 35.5 Å². The van der Waals surface area contributed by atoms with Gasteiger partial charge in [0, 0.05) is 25.9 Å². The van der Waals surface area contributed by atoms with Crippen LogP contribution in [0.3, 0.4) is 0 Å². The van der Waals surface area contributed by atoms with Crippen LogP contribution in [0.15, 0.2) is 48.5 Å². The minimum atomic E-state index is -0.701. The number of fused-ring (bicyclic) bond motifs is 2. The first kappa shape index (κ1) is 30.5. The molecule has 0 atom stereocenters. The van der Waals surface area contributed by atoms with E-state index in [9.17, 15) is 24.0 Å². The maximum atomic E-state index is 12.2. The molecular weight excluding hydrogens is 488 g/mol. The van der Waals surface area contributed by atoms with Crippen molar-refractivity contribution in [3.8, 4) is 0 Å². The highest BCUT2D eigenvalue weighted by molar-refractivity contribution is 6.22. The fourth-order valence-electron chi connectivity index (χ4n) is 4.29. The van der Waals surface area contributed by atoms with Crippen LogP contribution in [-0.4, -0.2) is 71.3 Å². The van der Waals surface area contributed by atoms with E-state index < -0.39 is 5.79 Å². The van der Waals surface area contributed by atoms with Gasteiger partial charge in [0.1, 0.15) is 5.78 Å². The van der Waals surface area contributed by atoms with Gasteiger partial charge in [-0.3, -0.25) is 33.8 Å². The number of ether oxygens (including phenoxy) is 2.